The lowest BCUT2D eigenvalue weighted by Crippen LogP contribution is -2.58. The maximum absolute atomic E-state index is 14.5. The van der Waals surface area contributed by atoms with E-state index in [1.807, 2.05) is 69.3 Å². The third-order valence-corrected chi connectivity index (χ3v) is 16.0. The molecule has 4 aromatic carbocycles. The number of nitrogens with zero attached hydrogens (tertiary/aromatic N) is 1. The van der Waals surface area contributed by atoms with Gasteiger partial charge in [-0.2, -0.15) is 0 Å². The van der Waals surface area contributed by atoms with E-state index in [0.717, 1.165) is 38.2 Å². The van der Waals surface area contributed by atoms with Gasteiger partial charge in [-0.15, -0.1) is 6.58 Å². The average molecular weight is 1130 g/mol. The summed E-state index contributed by atoms with van der Waals surface area (Å²) >= 11 is 0. The van der Waals surface area contributed by atoms with Crippen LogP contribution in [0.1, 0.15) is 119 Å². The first-order valence-electron chi connectivity index (χ1n) is 27.3. The van der Waals surface area contributed by atoms with Crippen LogP contribution in [0.4, 0.5) is 4.79 Å². The number of aliphatic imine (C=N–C) groups is 1. The summed E-state index contributed by atoms with van der Waals surface area (Å²) in [6, 6.07) is 20.9. The molecule has 434 valence electrons. The molecule has 20 heteroatoms. The van der Waals surface area contributed by atoms with Gasteiger partial charge in [0.2, 0.25) is 29.6 Å². The predicted molar refractivity (Wildman–Crippen MR) is 315 cm³/mol. The molecule has 6 rings (SSSR count). The summed E-state index contributed by atoms with van der Waals surface area (Å²) in [7, 11) is -4.27. The number of benzene rings is 4. The molecule has 81 heavy (non-hydrogen) atoms. The van der Waals surface area contributed by atoms with Crippen LogP contribution in [-0.4, -0.2) is 98.0 Å². The van der Waals surface area contributed by atoms with Gasteiger partial charge >= 0.3 is 12.1 Å². The van der Waals surface area contributed by atoms with E-state index in [1.54, 1.807) is 34.6 Å². The number of unbranched alkanes of at least 4 members (excludes halogenated alkanes) is 1. The summed E-state index contributed by atoms with van der Waals surface area (Å²) in [5.74, 6) is -3.40. The van der Waals surface area contributed by atoms with Crippen LogP contribution in [0.15, 0.2) is 130 Å². The molecule has 2 aliphatic rings. The fourth-order valence-electron chi connectivity index (χ4n) is 10.2. The van der Waals surface area contributed by atoms with Gasteiger partial charge in [0.1, 0.15) is 41.3 Å². The molecule has 1 aliphatic carbocycles. The first-order chi connectivity index (χ1) is 38.2. The molecule has 0 saturated carbocycles. The topological polar surface area (TPSA) is 286 Å². The number of guanidine groups is 1. The van der Waals surface area contributed by atoms with Crippen molar-refractivity contribution in [3.05, 3.63) is 130 Å². The summed E-state index contributed by atoms with van der Waals surface area (Å²) in [5, 5.41) is 27.7. The highest BCUT2D eigenvalue weighted by atomic mass is 32.2. The number of nitrogens with one attached hydrogen (secondary N) is 6. The highest BCUT2D eigenvalue weighted by molar-refractivity contribution is 7.94. The Morgan fingerprint density at radius 3 is 2.01 bits per heavy atom. The minimum Gasteiger partial charge on any atom is -0.480 e. The minimum atomic E-state index is -4.27. The number of nitrogens with two attached hydrogens (primary N) is 1. The lowest BCUT2D eigenvalue weighted by molar-refractivity contribution is -0.142. The van der Waals surface area contributed by atoms with Crippen LogP contribution in [0.2, 0.25) is 0 Å². The molecule has 1 aliphatic heterocycles. The van der Waals surface area contributed by atoms with Gasteiger partial charge in [-0.1, -0.05) is 92.7 Å². The monoisotopic (exact) mass is 1130 g/mol. The van der Waals surface area contributed by atoms with Gasteiger partial charge in [0.25, 0.3) is 10.0 Å². The number of hydrogen-bond acceptors (Lipinski definition) is 11. The number of alkyl carbamates (subject to hydrolysis) is 1. The van der Waals surface area contributed by atoms with Gasteiger partial charge < -0.3 is 46.9 Å². The number of ether oxygens (including phenoxy) is 2. The molecular formula is C61H78N8O11S. The fourth-order valence-corrected chi connectivity index (χ4v) is 12.0. The molecule has 0 aromatic heterocycles. The van der Waals surface area contributed by atoms with Crippen LogP contribution in [0, 0.1) is 5.41 Å². The summed E-state index contributed by atoms with van der Waals surface area (Å²) in [5.41, 5.74) is 9.49. The summed E-state index contributed by atoms with van der Waals surface area (Å²) in [4.78, 5) is 84.6. The third-order valence-electron chi connectivity index (χ3n) is 14.3. The first-order valence-corrected chi connectivity index (χ1v) is 28.8. The van der Waals surface area contributed by atoms with Gasteiger partial charge in [-0.3, -0.25) is 24.2 Å². The second-order valence-corrected chi connectivity index (χ2v) is 23.9. The van der Waals surface area contributed by atoms with Crippen molar-refractivity contribution in [3.63, 3.8) is 0 Å². The van der Waals surface area contributed by atoms with Crippen LogP contribution in [0.25, 0.3) is 32.7 Å². The molecule has 19 nitrogen and oxygen atoms in total. The van der Waals surface area contributed by atoms with Crippen molar-refractivity contribution >= 4 is 73.2 Å². The lowest BCUT2D eigenvalue weighted by atomic mass is 9.74. The van der Waals surface area contributed by atoms with Crippen LogP contribution < -0.4 is 37.0 Å². The highest BCUT2D eigenvalue weighted by Gasteiger charge is 2.43. The summed E-state index contributed by atoms with van der Waals surface area (Å²) in [6.07, 6.45) is 2.28. The molecule has 0 saturated heterocycles. The van der Waals surface area contributed by atoms with Gasteiger partial charge in [-0.05, 0) is 148 Å². The Kier molecular flexibility index (Phi) is 20.7. The van der Waals surface area contributed by atoms with Crippen molar-refractivity contribution in [3.8, 4) is 11.1 Å². The number of aliphatic carboxylic acids is 1. The number of carbonyl (C=O) groups is 6. The van der Waals surface area contributed by atoms with E-state index in [4.69, 9.17) is 15.2 Å². The number of rotatable bonds is 24. The number of sulfonamides is 1. The molecule has 4 atom stereocenters. The predicted octanol–water partition coefficient (Wildman–Crippen LogP) is 8.20. The zero-order valence-electron chi connectivity index (χ0n) is 47.8. The van der Waals surface area contributed by atoms with Crippen molar-refractivity contribution in [1.29, 1.82) is 0 Å². The largest absolute Gasteiger partial charge is 0.480 e. The van der Waals surface area contributed by atoms with E-state index in [1.165, 1.54) is 13.0 Å². The summed E-state index contributed by atoms with van der Waals surface area (Å²) < 4.78 is 42.1. The Hall–Kier alpha value is -8.00. The van der Waals surface area contributed by atoms with Crippen molar-refractivity contribution < 1.29 is 51.8 Å². The van der Waals surface area contributed by atoms with Gasteiger partial charge in [0.05, 0.1) is 4.91 Å². The lowest BCUT2D eigenvalue weighted by Gasteiger charge is -2.38. The normalized spacial score (nSPS) is 16.0. The van der Waals surface area contributed by atoms with E-state index in [9.17, 15) is 42.3 Å². The molecule has 0 radical (unpaired) electrons. The van der Waals surface area contributed by atoms with Crippen molar-refractivity contribution in [1.82, 2.24) is 31.3 Å². The number of allylic oxidation sites excluding steroid dienone is 6. The molecular weight excluding hydrogens is 1050 g/mol. The number of carbonyl (C=O) groups excluding carboxylic acids is 5. The minimum absolute atomic E-state index is 0.00597. The van der Waals surface area contributed by atoms with Crippen LogP contribution in [-0.2, 0) is 49.9 Å². The van der Waals surface area contributed by atoms with Gasteiger partial charge in [0.15, 0.2) is 0 Å². The van der Waals surface area contributed by atoms with Crippen LogP contribution in [0.3, 0.4) is 0 Å². The quantitative estimate of drug-likeness (QED) is 0.0108. The van der Waals surface area contributed by atoms with E-state index >= 15 is 0 Å². The smallest absolute Gasteiger partial charge is 0.407 e. The molecule has 0 fully saturated rings. The van der Waals surface area contributed by atoms with E-state index in [2.05, 4.69) is 73.2 Å². The summed E-state index contributed by atoms with van der Waals surface area (Å²) in [6.45, 7) is 19.2. The maximum atomic E-state index is 14.5. The Bertz CT molecular complexity index is 3300. The molecule has 0 bridgehead atoms. The number of carboxylic acids is 1. The molecule has 9 N–H and O–H groups in total. The Morgan fingerprint density at radius 1 is 0.802 bits per heavy atom. The van der Waals surface area contributed by atoms with Crippen LogP contribution >= 0.6 is 0 Å². The second kappa shape index (κ2) is 27.0. The van der Waals surface area contributed by atoms with Crippen LogP contribution in [0.5, 0.6) is 0 Å². The van der Waals surface area contributed by atoms with Crippen molar-refractivity contribution in [2.75, 3.05) is 13.1 Å². The molecule has 4 aromatic rings. The molecule has 0 spiro atoms. The van der Waals surface area contributed by atoms with Gasteiger partial charge in [0, 0.05) is 37.4 Å². The molecule has 5 amide bonds. The van der Waals surface area contributed by atoms with Crippen molar-refractivity contribution in [2.45, 2.75) is 150 Å². The fraction of sp³-hybridized carbons (Fsp3) is 0.426. The average Bonchev–Trinajstić information content (AvgIpc) is 3.39. The molecule has 1 heterocycles. The Labute approximate surface area is 474 Å². The molecule has 0 unspecified atom stereocenters. The Balaban J connectivity index is 1.22. The van der Waals surface area contributed by atoms with Crippen molar-refractivity contribution in [2.24, 2.45) is 16.1 Å². The van der Waals surface area contributed by atoms with E-state index < -0.39 is 86.9 Å². The van der Waals surface area contributed by atoms with E-state index in [0.29, 0.717) is 47.5 Å². The number of fused-ring (bicyclic) bond motifs is 4. The number of hydrogen-bond donors (Lipinski definition) is 8. The SMILES string of the molecule is C=CC[C@H](NC(=O)[C@@H](CCCN=C(N)NS(=O)(=O)C1=C2C(C)=C(C)OC(C)=C2CCC1(C)C)NC(=O)[C@@H](CCCCNC(=O)OC(C)(C)C)NC(=O)[C@H](Cc1ccc(-c2cc3ccccc3c3ccccc23)cc1)NC(C)=O)C(=O)O. The Morgan fingerprint density at radius 2 is 1.40 bits per heavy atom. The van der Waals surface area contributed by atoms with Gasteiger partial charge in [-0.25, -0.2) is 22.7 Å². The number of amides is 5. The maximum Gasteiger partial charge on any atom is 0.407 e. The van der Waals surface area contributed by atoms with E-state index in [-0.39, 0.29) is 56.5 Å². The zero-order valence-corrected chi connectivity index (χ0v) is 48.7. The number of carboxylic acid groups (broad SMARTS) is 1. The second-order valence-electron chi connectivity index (χ2n) is 22.2. The zero-order chi connectivity index (χ0) is 59.4. The first kappa shape index (κ1) is 62.2. The highest BCUT2D eigenvalue weighted by Crippen LogP contribution is 2.50. The standard InChI is InChI=1S/C61H78N8O11S/c1-11-19-50(57(74)75)68-55(72)49(25-18-33-63-58(62)69-81(77,78)53-52-36(2)37(3)79-38(4)43(52)30-31-61(53,9)10)66-54(71)48(24-16-17-32-64-59(76)80-60(6,7)8)67-56(73)51(65-39(5)70)34-40-26-28-41(29-27-40)47-35-42-20-12-13-21-44(42)45-22-14-15-23-46(45)47/h11-15,20-23,26-29,35,48-51H,1,16-19,24-25,30-34H2,2-10H3,(H,64,76)(H,65,70)(H,66,71)(H,67,73)(H,68,72)(H,74,75)(H3,62,63,69)/t48-,49-,50+,51+/m1/s1. The third kappa shape index (κ3) is 16.6.